The zero-order chi connectivity index (χ0) is 20.6. The molecule has 1 aromatic heterocycles. The molecule has 30 heavy (non-hydrogen) atoms. The van der Waals surface area contributed by atoms with E-state index < -0.39 is 11.2 Å². The number of fused-ring (bicyclic) bond motifs is 2. The van der Waals surface area contributed by atoms with Gasteiger partial charge in [-0.3, -0.25) is 4.79 Å². The molecule has 160 valence electrons. The van der Waals surface area contributed by atoms with Crippen LogP contribution in [-0.2, 0) is 26.3 Å². The number of hydrogen-bond donors (Lipinski definition) is 1. The maximum Gasteiger partial charge on any atom is 0.254 e. The second kappa shape index (κ2) is 7.80. The molecule has 2 aromatic rings. The Labute approximate surface area is 177 Å². The fourth-order valence-electron chi connectivity index (χ4n) is 5.19. The maximum absolute atomic E-state index is 13.3. The minimum absolute atomic E-state index is 0.132. The second-order valence-electron chi connectivity index (χ2n) is 8.62. The van der Waals surface area contributed by atoms with Crippen molar-refractivity contribution in [3.8, 4) is 5.69 Å². The Morgan fingerprint density at radius 3 is 2.57 bits per heavy atom. The molecule has 5 rings (SSSR count). The number of methoxy groups -OCH3 is 1. The van der Waals surface area contributed by atoms with Crippen LogP contribution in [0.1, 0.15) is 36.9 Å². The van der Waals surface area contributed by atoms with E-state index in [1.165, 1.54) is 5.56 Å². The minimum Gasteiger partial charge on any atom is -0.368 e. The molecule has 4 heterocycles. The van der Waals surface area contributed by atoms with Gasteiger partial charge in [0.15, 0.2) is 0 Å². The van der Waals surface area contributed by atoms with Gasteiger partial charge in [0.05, 0.1) is 18.0 Å². The zero-order valence-electron chi connectivity index (χ0n) is 17.6. The number of carbonyl (C=O) groups excluding carboxylic acids is 1. The molecule has 7 heteroatoms. The molecule has 0 unspecified atom stereocenters. The first-order chi connectivity index (χ1) is 14.7. The number of amides is 1. The molecule has 1 amide bonds. The van der Waals surface area contributed by atoms with E-state index in [1.807, 2.05) is 27.8 Å². The summed E-state index contributed by atoms with van der Waals surface area (Å²) in [5, 5.41) is 8.27. The highest BCUT2D eigenvalue weighted by Crippen LogP contribution is 2.41. The number of nitrogens with one attached hydrogen (secondary N) is 1. The van der Waals surface area contributed by atoms with E-state index in [0.29, 0.717) is 19.7 Å². The number of aromatic nitrogens is 2. The van der Waals surface area contributed by atoms with Gasteiger partial charge in [-0.2, -0.15) is 5.10 Å². The van der Waals surface area contributed by atoms with E-state index in [-0.39, 0.29) is 5.91 Å². The summed E-state index contributed by atoms with van der Waals surface area (Å²) >= 11 is 0. The fraction of sp³-hybridized carbons (Fsp3) is 0.565. The van der Waals surface area contributed by atoms with Gasteiger partial charge in [0.25, 0.3) is 5.91 Å². The number of rotatable bonds is 3. The summed E-state index contributed by atoms with van der Waals surface area (Å²) in [6.45, 7) is 3.70. The summed E-state index contributed by atoms with van der Waals surface area (Å²) < 4.78 is 14.1. The van der Waals surface area contributed by atoms with Gasteiger partial charge < -0.3 is 19.7 Å². The molecule has 0 saturated carbocycles. The molecule has 0 bridgehead atoms. The van der Waals surface area contributed by atoms with Crippen molar-refractivity contribution in [1.29, 1.82) is 0 Å². The lowest BCUT2D eigenvalue weighted by Gasteiger charge is -2.46. The van der Waals surface area contributed by atoms with Crippen LogP contribution >= 0.6 is 0 Å². The van der Waals surface area contributed by atoms with E-state index in [4.69, 9.17) is 14.6 Å². The van der Waals surface area contributed by atoms with Gasteiger partial charge in [-0.15, -0.1) is 0 Å². The number of para-hydroxylation sites is 1. The summed E-state index contributed by atoms with van der Waals surface area (Å²) in [6, 6.07) is 10.2. The molecular formula is C23H30N4O3. The third-order valence-corrected chi connectivity index (χ3v) is 7.04. The molecule has 3 aliphatic heterocycles. The number of likely N-dealkylation sites (tertiary alicyclic amines) is 1. The van der Waals surface area contributed by atoms with Crippen LogP contribution in [0, 0.1) is 0 Å². The van der Waals surface area contributed by atoms with E-state index in [2.05, 4.69) is 23.6 Å². The summed E-state index contributed by atoms with van der Waals surface area (Å²) in [5.74, 6) is 0.132. The van der Waals surface area contributed by atoms with Crippen molar-refractivity contribution in [3.05, 3.63) is 47.8 Å². The number of hydrogen-bond acceptors (Lipinski definition) is 5. The molecule has 1 spiro atoms. The number of ether oxygens (including phenoxy) is 2. The minimum atomic E-state index is -0.677. The molecule has 2 saturated heterocycles. The number of carbonyl (C=O) groups is 1. The largest absolute Gasteiger partial charge is 0.368 e. The SMILES string of the molecule is COC1(C(=O)N2CCC3(CC2)OCCc2cn(-c4ccccc4)nc23)CCNCC1. The van der Waals surface area contributed by atoms with Crippen molar-refractivity contribution < 1.29 is 14.3 Å². The Kier molecular flexibility index (Phi) is 5.13. The first kappa shape index (κ1) is 19.7. The van der Waals surface area contributed by atoms with E-state index in [1.54, 1.807) is 7.11 Å². The van der Waals surface area contributed by atoms with Crippen LogP contribution < -0.4 is 5.32 Å². The summed E-state index contributed by atoms with van der Waals surface area (Å²) in [7, 11) is 1.67. The van der Waals surface area contributed by atoms with Gasteiger partial charge in [-0.25, -0.2) is 4.68 Å². The lowest BCUT2D eigenvalue weighted by molar-refractivity contribution is -0.165. The van der Waals surface area contributed by atoms with Crippen LogP contribution in [0.4, 0.5) is 0 Å². The average Bonchev–Trinajstić information content (AvgIpc) is 3.26. The highest BCUT2D eigenvalue weighted by molar-refractivity contribution is 5.85. The van der Waals surface area contributed by atoms with Gasteiger partial charge in [0.2, 0.25) is 0 Å². The van der Waals surface area contributed by atoms with E-state index >= 15 is 0 Å². The molecular weight excluding hydrogens is 380 g/mol. The van der Waals surface area contributed by atoms with Gasteiger partial charge in [-0.05, 0) is 62.9 Å². The fourth-order valence-corrected chi connectivity index (χ4v) is 5.19. The van der Waals surface area contributed by atoms with E-state index in [0.717, 1.165) is 56.6 Å². The zero-order valence-corrected chi connectivity index (χ0v) is 17.6. The van der Waals surface area contributed by atoms with Crippen molar-refractivity contribution in [2.75, 3.05) is 39.9 Å². The Morgan fingerprint density at radius 1 is 1.13 bits per heavy atom. The standard InChI is InChI=1S/C23H30N4O3/c1-29-23(8-12-24-13-9-23)21(28)26-14-10-22(11-15-26)20-18(7-16-30-22)17-27(25-20)19-5-3-2-4-6-19/h2-6,17,24H,7-16H2,1H3. The molecule has 7 nitrogen and oxygen atoms in total. The third kappa shape index (κ3) is 3.25. The molecule has 1 N–H and O–H groups in total. The Balaban J connectivity index is 1.35. The number of piperidine rings is 2. The smallest absolute Gasteiger partial charge is 0.254 e. The monoisotopic (exact) mass is 410 g/mol. The van der Waals surface area contributed by atoms with Gasteiger partial charge in [0.1, 0.15) is 11.2 Å². The topological polar surface area (TPSA) is 68.6 Å². The lowest BCUT2D eigenvalue weighted by Crippen LogP contribution is -2.58. The molecule has 0 aliphatic carbocycles. The Hall–Kier alpha value is -2.22. The first-order valence-corrected chi connectivity index (χ1v) is 11.0. The van der Waals surface area contributed by atoms with Crippen LogP contribution in [0.3, 0.4) is 0 Å². The van der Waals surface area contributed by atoms with Crippen molar-refractivity contribution in [3.63, 3.8) is 0 Å². The van der Waals surface area contributed by atoms with Crippen molar-refractivity contribution in [1.82, 2.24) is 20.0 Å². The van der Waals surface area contributed by atoms with Crippen molar-refractivity contribution in [2.45, 2.75) is 43.3 Å². The summed E-state index contributed by atoms with van der Waals surface area (Å²) in [4.78, 5) is 15.3. The highest BCUT2D eigenvalue weighted by Gasteiger charge is 2.48. The second-order valence-corrected chi connectivity index (χ2v) is 8.62. The molecule has 0 radical (unpaired) electrons. The predicted octanol–water partition coefficient (Wildman–Crippen LogP) is 2.03. The molecule has 1 aromatic carbocycles. The Bertz CT molecular complexity index is 896. The summed E-state index contributed by atoms with van der Waals surface area (Å²) in [5.41, 5.74) is 2.30. The maximum atomic E-state index is 13.3. The van der Waals surface area contributed by atoms with Gasteiger partial charge >= 0.3 is 0 Å². The number of benzene rings is 1. The molecule has 0 atom stereocenters. The number of nitrogens with zero attached hydrogens (tertiary/aromatic N) is 3. The average molecular weight is 411 g/mol. The van der Waals surface area contributed by atoms with Crippen LogP contribution in [0.15, 0.2) is 36.5 Å². The van der Waals surface area contributed by atoms with Crippen LogP contribution in [0.5, 0.6) is 0 Å². The predicted molar refractivity (Wildman–Crippen MR) is 113 cm³/mol. The third-order valence-electron chi connectivity index (χ3n) is 7.04. The van der Waals surface area contributed by atoms with Gasteiger partial charge in [-0.1, -0.05) is 18.2 Å². The Morgan fingerprint density at radius 2 is 1.87 bits per heavy atom. The quantitative estimate of drug-likeness (QED) is 0.839. The van der Waals surface area contributed by atoms with Crippen molar-refractivity contribution in [2.24, 2.45) is 0 Å². The van der Waals surface area contributed by atoms with E-state index in [9.17, 15) is 4.79 Å². The van der Waals surface area contributed by atoms with Crippen LogP contribution in [-0.4, -0.2) is 66.1 Å². The summed E-state index contributed by atoms with van der Waals surface area (Å²) in [6.07, 6.45) is 6.02. The molecule has 2 fully saturated rings. The first-order valence-electron chi connectivity index (χ1n) is 11.0. The van der Waals surface area contributed by atoms with Crippen LogP contribution in [0.25, 0.3) is 5.69 Å². The normalized spacial score (nSPS) is 22.6. The van der Waals surface area contributed by atoms with Crippen molar-refractivity contribution >= 4 is 5.91 Å². The highest BCUT2D eigenvalue weighted by atomic mass is 16.5. The molecule has 3 aliphatic rings. The van der Waals surface area contributed by atoms with Crippen LogP contribution in [0.2, 0.25) is 0 Å². The lowest BCUT2D eigenvalue weighted by atomic mass is 9.82. The van der Waals surface area contributed by atoms with Gasteiger partial charge in [0, 0.05) is 26.4 Å².